The molecule has 0 heterocycles. The summed E-state index contributed by atoms with van der Waals surface area (Å²) in [5, 5.41) is 9.91. The van der Waals surface area contributed by atoms with Crippen molar-refractivity contribution < 1.29 is 9.50 Å². The minimum Gasteiger partial charge on any atom is -0.389 e. The van der Waals surface area contributed by atoms with E-state index in [0.29, 0.717) is 23.1 Å². The van der Waals surface area contributed by atoms with E-state index in [1.54, 1.807) is 13.8 Å². The Balaban J connectivity index is 2.42. The molecule has 1 aliphatic rings. The van der Waals surface area contributed by atoms with E-state index in [1.165, 1.54) is 18.9 Å². The highest BCUT2D eigenvalue weighted by Crippen LogP contribution is 2.37. The summed E-state index contributed by atoms with van der Waals surface area (Å²) in [4.78, 5) is 2.35. The second-order valence-corrected chi connectivity index (χ2v) is 6.11. The maximum absolute atomic E-state index is 13.7. The van der Waals surface area contributed by atoms with Crippen molar-refractivity contribution in [1.82, 2.24) is 0 Å². The van der Waals surface area contributed by atoms with Gasteiger partial charge in [0.2, 0.25) is 0 Å². The van der Waals surface area contributed by atoms with Gasteiger partial charge >= 0.3 is 0 Å². The van der Waals surface area contributed by atoms with E-state index in [0.717, 1.165) is 12.2 Å². The number of hydrogen-bond donors (Lipinski definition) is 1. The first-order valence-electron chi connectivity index (χ1n) is 7.15. The van der Waals surface area contributed by atoms with Crippen LogP contribution in [0.4, 0.5) is 10.1 Å². The molecule has 0 bridgehead atoms. The molecular formula is C16H24FNO. The third-order valence-electron chi connectivity index (χ3n) is 3.62. The molecule has 0 unspecified atom stereocenters. The van der Waals surface area contributed by atoms with Crippen molar-refractivity contribution in [3.63, 3.8) is 0 Å². The molecule has 1 atom stereocenters. The minimum absolute atomic E-state index is 0.236. The summed E-state index contributed by atoms with van der Waals surface area (Å²) in [5.74, 6) is 0.313. The van der Waals surface area contributed by atoms with Gasteiger partial charge in [0.15, 0.2) is 0 Å². The fraction of sp³-hybridized carbons (Fsp3) is 0.625. The number of aryl methyl sites for hydroxylation is 1. The van der Waals surface area contributed by atoms with Gasteiger partial charge in [0.25, 0.3) is 0 Å². The van der Waals surface area contributed by atoms with Gasteiger partial charge in [-0.1, -0.05) is 13.8 Å². The molecule has 1 saturated carbocycles. The van der Waals surface area contributed by atoms with Crippen molar-refractivity contribution in [3.8, 4) is 0 Å². The number of nitrogens with zero attached hydrogens (tertiary/aromatic N) is 1. The van der Waals surface area contributed by atoms with Gasteiger partial charge in [-0.2, -0.15) is 0 Å². The van der Waals surface area contributed by atoms with Crippen molar-refractivity contribution in [2.45, 2.75) is 52.7 Å². The number of aliphatic hydroxyl groups excluding tert-OH is 1. The van der Waals surface area contributed by atoms with Gasteiger partial charge in [-0.3, -0.25) is 0 Å². The molecule has 2 nitrogen and oxygen atoms in total. The first-order chi connectivity index (χ1) is 8.90. The Morgan fingerprint density at radius 2 is 1.95 bits per heavy atom. The van der Waals surface area contributed by atoms with Gasteiger partial charge in [-0.05, 0) is 50.3 Å². The van der Waals surface area contributed by atoms with Crippen LogP contribution < -0.4 is 4.90 Å². The van der Waals surface area contributed by atoms with Crippen LogP contribution in [-0.2, 0) is 0 Å². The first kappa shape index (κ1) is 14.3. The molecule has 19 heavy (non-hydrogen) atoms. The smallest absolute Gasteiger partial charge is 0.126 e. The van der Waals surface area contributed by atoms with E-state index in [1.807, 2.05) is 6.07 Å². The minimum atomic E-state index is -0.640. The number of hydrogen-bond acceptors (Lipinski definition) is 2. The molecule has 0 aromatic heterocycles. The molecule has 0 aliphatic heterocycles. The van der Waals surface area contributed by atoms with E-state index >= 15 is 0 Å². The molecule has 0 radical (unpaired) electrons. The van der Waals surface area contributed by atoms with Gasteiger partial charge in [0.05, 0.1) is 6.10 Å². The van der Waals surface area contributed by atoms with Crippen LogP contribution in [0.3, 0.4) is 0 Å². The standard InChI is InChI=1S/C16H24FNO/c1-10(2)9-18(13-5-6-13)16-7-11(3)15(17)8-14(16)12(4)19/h7-8,10,12-13,19H,5-6,9H2,1-4H3/t12-/m0/s1. The summed E-state index contributed by atoms with van der Waals surface area (Å²) in [6.45, 7) is 8.82. The molecular weight excluding hydrogens is 241 g/mol. The average molecular weight is 265 g/mol. The Morgan fingerprint density at radius 1 is 1.32 bits per heavy atom. The maximum atomic E-state index is 13.7. The number of rotatable bonds is 5. The average Bonchev–Trinajstić information content (AvgIpc) is 3.12. The quantitative estimate of drug-likeness (QED) is 0.875. The molecule has 1 aromatic rings. The summed E-state index contributed by atoms with van der Waals surface area (Å²) in [7, 11) is 0. The van der Waals surface area contributed by atoms with Crippen LogP contribution in [0.5, 0.6) is 0 Å². The van der Waals surface area contributed by atoms with Crippen molar-refractivity contribution in [2.75, 3.05) is 11.4 Å². The van der Waals surface area contributed by atoms with Gasteiger partial charge in [0.1, 0.15) is 5.82 Å². The molecule has 0 spiro atoms. The van der Waals surface area contributed by atoms with Crippen molar-refractivity contribution in [3.05, 3.63) is 29.1 Å². The Kier molecular flexibility index (Phi) is 4.14. The van der Waals surface area contributed by atoms with Gasteiger partial charge in [-0.15, -0.1) is 0 Å². The lowest BCUT2D eigenvalue weighted by molar-refractivity contribution is 0.199. The Bertz CT molecular complexity index is 452. The van der Waals surface area contributed by atoms with Crippen molar-refractivity contribution in [1.29, 1.82) is 0 Å². The van der Waals surface area contributed by atoms with E-state index in [4.69, 9.17) is 0 Å². The van der Waals surface area contributed by atoms with E-state index in [9.17, 15) is 9.50 Å². The van der Waals surface area contributed by atoms with Crippen LogP contribution in [0.15, 0.2) is 12.1 Å². The molecule has 0 saturated heterocycles. The zero-order chi connectivity index (χ0) is 14.2. The zero-order valence-electron chi connectivity index (χ0n) is 12.3. The zero-order valence-corrected chi connectivity index (χ0v) is 12.3. The highest BCUT2D eigenvalue weighted by atomic mass is 19.1. The monoisotopic (exact) mass is 265 g/mol. The van der Waals surface area contributed by atoms with E-state index in [2.05, 4.69) is 18.7 Å². The molecule has 1 aromatic carbocycles. The molecule has 1 aliphatic carbocycles. The van der Waals surface area contributed by atoms with Gasteiger partial charge in [-0.25, -0.2) is 4.39 Å². The summed E-state index contributed by atoms with van der Waals surface area (Å²) in [5.41, 5.74) is 2.36. The predicted molar refractivity (Wildman–Crippen MR) is 77.0 cm³/mol. The normalized spacial score (nSPS) is 16.8. The van der Waals surface area contributed by atoms with Crippen LogP contribution >= 0.6 is 0 Å². The lowest BCUT2D eigenvalue weighted by Crippen LogP contribution is -2.31. The summed E-state index contributed by atoms with van der Waals surface area (Å²) in [6, 6.07) is 3.94. The van der Waals surface area contributed by atoms with Crippen molar-refractivity contribution >= 4 is 5.69 Å². The number of benzene rings is 1. The topological polar surface area (TPSA) is 23.5 Å². The molecule has 0 amide bonds. The predicted octanol–water partition coefficient (Wildman–Crippen LogP) is 3.81. The first-order valence-corrected chi connectivity index (χ1v) is 7.15. The molecule has 3 heteroatoms. The second kappa shape index (κ2) is 5.49. The van der Waals surface area contributed by atoms with Gasteiger partial charge in [0, 0.05) is 23.8 Å². The van der Waals surface area contributed by atoms with Crippen LogP contribution in [0, 0.1) is 18.7 Å². The SMILES string of the molecule is Cc1cc(N(CC(C)C)C2CC2)c([C@H](C)O)cc1F. The largest absolute Gasteiger partial charge is 0.389 e. The van der Waals surface area contributed by atoms with Crippen LogP contribution in [0.1, 0.15) is 50.8 Å². The van der Waals surface area contributed by atoms with Crippen LogP contribution in [0.2, 0.25) is 0 Å². The third-order valence-corrected chi connectivity index (χ3v) is 3.62. The van der Waals surface area contributed by atoms with E-state index < -0.39 is 6.10 Å². The second-order valence-electron chi connectivity index (χ2n) is 6.11. The number of anilines is 1. The van der Waals surface area contributed by atoms with Gasteiger partial charge < -0.3 is 10.0 Å². The van der Waals surface area contributed by atoms with Crippen molar-refractivity contribution in [2.24, 2.45) is 5.92 Å². The number of halogens is 1. The highest BCUT2D eigenvalue weighted by molar-refractivity contribution is 5.58. The Labute approximate surface area is 115 Å². The van der Waals surface area contributed by atoms with Crippen LogP contribution in [-0.4, -0.2) is 17.7 Å². The van der Waals surface area contributed by atoms with Crippen LogP contribution in [0.25, 0.3) is 0 Å². The summed E-state index contributed by atoms with van der Waals surface area (Å²) in [6.07, 6.45) is 1.75. The fourth-order valence-corrected chi connectivity index (χ4v) is 2.49. The third kappa shape index (κ3) is 3.27. The molecule has 2 rings (SSSR count). The fourth-order valence-electron chi connectivity index (χ4n) is 2.49. The summed E-state index contributed by atoms with van der Waals surface area (Å²) < 4.78 is 13.7. The van der Waals surface area contributed by atoms with E-state index in [-0.39, 0.29) is 5.82 Å². The number of aliphatic hydroxyl groups is 1. The molecule has 1 fully saturated rings. The Hall–Kier alpha value is -1.09. The molecule has 106 valence electrons. The molecule has 1 N–H and O–H groups in total. The maximum Gasteiger partial charge on any atom is 0.126 e. The lowest BCUT2D eigenvalue weighted by Gasteiger charge is -2.30. The lowest BCUT2D eigenvalue weighted by atomic mass is 10.0. The highest BCUT2D eigenvalue weighted by Gasteiger charge is 2.31. The summed E-state index contributed by atoms with van der Waals surface area (Å²) >= 11 is 0. The Morgan fingerprint density at radius 3 is 2.42 bits per heavy atom.